The highest BCUT2D eigenvalue weighted by Gasteiger charge is 2.55. The summed E-state index contributed by atoms with van der Waals surface area (Å²) in [7, 11) is -0.676. The van der Waals surface area contributed by atoms with Gasteiger partial charge >= 0.3 is 13.2 Å². The van der Waals surface area contributed by atoms with E-state index < -0.39 is 30.0 Å². The molecule has 2 heterocycles. The Balaban J connectivity index is 2.42. The van der Waals surface area contributed by atoms with Crippen molar-refractivity contribution in [3.63, 3.8) is 0 Å². The first kappa shape index (κ1) is 22.2. The van der Waals surface area contributed by atoms with Crippen LogP contribution in [-0.2, 0) is 14.0 Å². The zero-order valence-electron chi connectivity index (χ0n) is 18.3. The molecule has 154 valence electrons. The number of carbonyl (C=O) groups excluding carboxylic acids is 1. The van der Waals surface area contributed by atoms with Gasteiger partial charge in [0.05, 0.1) is 29.4 Å². The van der Waals surface area contributed by atoms with Crippen LogP contribution < -0.4 is 0 Å². The van der Waals surface area contributed by atoms with E-state index in [9.17, 15) is 9.90 Å². The monoisotopic (exact) mass is 381 g/mol. The molecule has 0 aromatic carbocycles. The minimum absolute atomic E-state index is 0.133. The smallest absolute Gasteiger partial charge is 0.443 e. The molecule has 6 nitrogen and oxygen atoms in total. The molecule has 1 saturated heterocycles. The standard InChI is InChI=1S/C20H36BNO5/c1-13(2)14-10-11-16(21-26-19(6,7)20(8,9)27-21)22(15(14)12-23)17(24)25-18(3,4)5/h11,13-15,23H,10,12H2,1-9H3. The summed E-state index contributed by atoms with van der Waals surface area (Å²) in [6.45, 7) is 17.5. The van der Waals surface area contributed by atoms with Crippen LogP contribution in [0.3, 0.4) is 0 Å². The highest BCUT2D eigenvalue weighted by molar-refractivity contribution is 6.54. The Hall–Kier alpha value is -1.05. The van der Waals surface area contributed by atoms with Crippen LogP contribution in [0.25, 0.3) is 0 Å². The summed E-state index contributed by atoms with van der Waals surface area (Å²) in [5, 5.41) is 10.1. The summed E-state index contributed by atoms with van der Waals surface area (Å²) in [5.41, 5.74) is -1.04. The molecular weight excluding hydrogens is 345 g/mol. The van der Waals surface area contributed by atoms with Crippen molar-refractivity contribution in [2.45, 2.75) is 91.6 Å². The first-order chi connectivity index (χ1) is 12.2. The second kappa shape index (κ2) is 7.41. The number of ether oxygens (including phenoxy) is 1. The molecule has 0 aromatic rings. The number of nitrogens with zero attached hydrogens (tertiary/aromatic N) is 1. The van der Waals surface area contributed by atoms with E-state index in [1.165, 1.54) is 0 Å². The van der Waals surface area contributed by atoms with Crippen molar-refractivity contribution >= 4 is 13.2 Å². The molecule has 2 aliphatic heterocycles. The van der Waals surface area contributed by atoms with Crippen molar-refractivity contribution < 1.29 is 23.9 Å². The highest BCUT2D eigenvalue weighted by Crippen LogP contribution is 2.42. The van der Waals surface area contributed by atoms with Crippen molar-refractivity contribution in [3.8, 4) is 0 Å². The number of allylic oxidation sites excluding steroid dienone is 1. The molecule has 1 N–H and O–H groups in total. The van der Waals surface area contributed by atoms with Crippen molar-refractivity contribution in [1.29, 1.82) is 0 Å². The summed E-state index contributed by atoms with van der Waals surface area (Å²) < 4.78 is 18.0. The minimum Gasteiger partial charge on any atom is -0.443 e. The fourth-order valence-corrected chi connectivity index (χ4v) is 3.55. The minimum atomic E-state index is -0.676. The average molecular weight is 381 g/mol. The predicted octanol–water partition coefficient (Wildman–Crippen LogP) is 3.78. The van der Waals surface area contributed by atoms with Gasteiger partial charge in [-0.15, -0.1) is 0 Å². The van der Waals surface area contributed by atoms with E-state index in [-0.39, 0.29) is 18.6 Å². The number of hydrogen-bond acceptors (Lipinski definition) is 5. The van der Waals surface area contributed by atoms with Gasteiger partial charge in [-0.3, -0.25) is 4.90 Å². The van der Waals surface area contributed by atoms with Crippen LogP contribution in [0.5, 0.6) is 0 Å². The average Bonchev–Trinajstić information content (AvgIpc) is 2.71. The maximum absolute atomic E-state index is 13.1. The zero-order valence-corrected chi connectivity index (χ0v) is 18.3. The third-order valence-electron chi connectivity index (χ3n) is 5.83. The number of aliphatic hydroxyl groups excluding tert-OH is 1. The summed E-state index contributed by atoms with van der Waals surface area (Å²) in [4.78, 5) is 14.6. The second-order valence-corrected chi connectivity index (χ2v) is 9.96. The van der Waals surface area contributed by atoms with E-state index in [0.29, 0.717) is 11.5 Å². The van der Waals surface area contributed by atoms with Gasteiger partial charge in [-0.05, 0) is 66.7 Å². The normalized spacial score (nSPS) is 27.7. The van der Waals surface area contributed by atoms with Gasteiger partial charge in [0.25, 0.3) is 0 Å². The van der Waals surface area contributed by atoms with Crippen molar-refractivity contribution in [2.75, 3.05) is 6.61 Å². The Labute approximate surface area is 164 Å². The van der Waals surface area contributed by atoms with Gasteiger partial charge < -0.3 is 19.2 Å². The fraction of sp³-hybridized carbons (Fsp3) is 0.850. The Morgan fingerprint density at radius 1 is 1.30 bits per heavy atom. The molecule has 0 aliphatic carbocycles. The molecule has 0 bridgehead atoms. The highest BCUT2D eigenvalue weighted by atomic mass is 16.7. The van der Waals surface area contributed by atoms with E-state index in [2.05, 4.69) is 13.8 Å². The van der Waals surface area contributed by atoms with Gasteiger partial charge in [-0.25, -0.2) is 4.79 Å². The number of carbonyl (C=O) groups is 1. The first-order valence-electron chi connectivity index (χ1n) is 9.89. The van der Waals surface area contributed by atoms with Crippen LogP contribution in [0.2, 0.25) is 0 Å². The van der Waals surface area contributed by atoms with Crippen LogP contribution in [0, 0.1) is 11.8 Å². The van der Waals surface area contributed by atoms with Crippen LogP contribution >= 0.6 is 0 Å². The Morgan fingerprint density at radius 3 is 2.22 bits per heavy atom. The van der Waals surface area contributed by atoms with Gasteiger partial charge in [0.15, 0.2) is 0 Å². The largest absolute Gasteiger partial charge is 0.512 e. The maximum Gasteiger partial charge on any atom is 0.512 e. The van der Waals surface area contributed by atoms with E-state index in [1.54, 1.807) is 4.90 Å². The molecule has 0 spiro atoms. The molecule has 0 saturated carbocycles. The molecule has 2 aliphatic rings. The first-order valence-corrected chi connectivity index (χ1v) is 9.89. The summed E-state index contributed by atoms with van der Waals surface area (Å²) in [6, 6.07) is -0.376. The number of hydrogen-bond donors (Lipinski definition) is 1. The van der Waals surface area contributed by atoms with Gasteiger partial charge in [-0.1, -0.05) is 19.9 Å². The number of amides is 1. The van der Waals surface area contributed by atoms with Crippen molar-refractivity contribution in [2.24, 2.45) is 11.8 Å². The Morgan fingerprint density at radius 2 is 1.81 bits per heavy atom. The molecule has 2 rings (SSSR count). The zero-order chi connectivity index (χ0) is 20.8. The molecule has 7 heteroatoms. The van der Waals surface area contributed by atoms with Crippen molar-refractivity contribution in [3.05, 3.63) is 11.7 Å². The van der Waals surface area contributed by atoms with E-state index in [1.807, 2.05) is 54.5 Å². The van der Waals surface area contributed by atoms with E-state index >= 15 is 0 Å². The lowest BCUT2D eigenvalue weighted by Crippen LogP contribution is -2.54. The molecule has 27 heavy (non-hydrogen) atoms. The summed E-state index contributed by atoms with van der Waals surface area (Å²) in [6.07, 6.45) is 2.28. The number of rotatable bonds is 3. The lowest BCUT2D eigenvalue weighted by molar-refractivity contribution is 0.00399. The van der Waals surface area contributed by atoms with Gasteiger partial charge in [0.2, 0.25) is 0 Å². The quantitative estimate of drug-likeness (QED) is 0.754. The van der Waals surface area contributed by atoms with Gasteiger partial charge in [-0.2, -0.15) is 0 Å². The third kappa shape index (κ3) is 4.52. The molecule has 1 amide bonds. The van der Waals surface area contributed by atoms with E-state index in [0.717, 1.165) is 6.42 Å². The van der Waals surface area contributed by atoms with Crippen LogP contribution in [0.1, 0.15) is 68.7 Å². The summed E-state index contributed by atoms with van der Waals surface area (Å²) >= 11 is 0. The van der Waals surface area contributed by atoms with Crippen LogP contribution in [0.15, 0.2) is 11.7 Å². The number of aliphatic hydroxyl groups is 1. The maximum atomic E-state index is 13.1. The lowest BCUT2D eigenvalue weighted by Gasteiger charge is -2.43. The molecular formula is C20H36BNO5. The SMILES string of the molecule is CC(C)C1CC=C(B2OC(C)(C)C(C)(C)O2)N(C(=O)OC(C)(C)C)C1CO. The molecule has 2 unspecified atom stereocenters. The second-order valence-electron chi connectivity index (χ2n) is 9.96. The third-order valence-corrected chi connectivity index (χ3v) is 5.83. The van der Waals surface area contributed by atoms with Crippen LogP contribution in [0.4, 0.5) is 4.79 Å². The topological polar surface area (TPSA) is 68.2 Å². The van der Waals surface area contributed by atoms with Crippen LogP contribution in [-0.4, -0.2) is 52.7 Å². The Kier molecular flexibility index (Phi) is 6.11. The molecule has 0 radical (unpaired) electrons. The van der Waals surface area contributed by atoms with Crippen molar-refractivity contribution in [1.82, 2.24) is 4.90 Å². The Bertz CT molecular complexity index is 578. The van der Waals surface area contributed by atoms with Gasteiger partial charge in [0.1, 0.15) is 5.60 Å². The lowest BCUT2D eigenvalue weighted by atomic mass is 9.74. The molecule has 2 atom stereocenters. The molecule has 0 aromatic heterocycles. The van der Waals surface area contributed by atoms with Gasteiger partial charge in [0, 0.05) is 0 Å². The molecule has 1 fully saturated rings. The summed E-state index contributed by atoms with van der Waals surface area (Å²) in [5.74, 6) is 0.442. The fourth-order valence-electron chi connectivity index (χ4n) is 3.55. The predicted molar refractivity (Wildman–Crippen MR) is 106 cm³/mol. The van der Waals surface area contributed by atoms with E-state index in [4.69, 9.17) is 14.0 Å².